The van der Waals surface area contributed by atoms with E-state index < -0.39 is 4.92 Å². The Morgan fingerprint density at radius 2 is 1.65 bits per heavy atom. The summed E-state index contributed by atoms with van der Waals surface area (Å²) in [7, 11) is 0. The second-order valence-corrected chi connectivity index (χ2v) is 5.13. The molecule has 0 saturated heterocycles. The van der Waals surface area contributed by atoms with Gasteiger partial charge in [0.2, 0.25) is 0 Å². The Kier molecular flexibility index (Phi) is 4.82. The maximum Gasteiger partial charge on any atom is 0.269 e. The number of nitro groups is 1. The molecule has 2 aromatic rings. The normalized spacial score (nSPS) is 10.3. The molecule has 0 unspecified atom stereocenters. The van der Waals surface area contributed by atoms with Crippen LogP contribution in [-0.4, -0.2) is 11.5 Å². The monoisotopic (exact) mass is 310 g/mol. The molecule has 0 aliphatic carbocycles. The number of nitrogens with zero attached hydrogens (tertiary/aromatic N) is 1. The number of non-ortho nitro benzene ring substituents is 1. The van der Waals surface area contributed by atoms with Gasteiger partial charge in [0.05, 0.1) is 4.92 Å². The van der Waals surface area contributed by atoms with Crippen LogP contribution in [0.2, 0.25) is 10.0 Å². The minimum absolute atomic E-state index is 0.100. The Hall–Kier alpha value is -1.78. The minimum atomic E-state index is -0.407. The van der Waals surface area contributed by atoms with Crippen molar-refractivity contribution in [2.45, 2.75) is 6.42 Å². The topological polar surface area (TPSA) is 55.2 Å². The first kappa shape index (κ1) is 14.6. The predicted molar refractivity (Wildman–Crippen MR) is 81.8 cm³/mol. The van der Waals surface area contributed by atoms with Crippen molar-refractivity contribution in [1.82, 2.24) is 0 Å². The zero-order chi connectivity index (χ0) is 14.5. The highest BCUT2D eigenvalue weighted by atomic mass is 35.5. The molecule has 0 aliphatic heterocycles. The van der Waals surface area contributed by atoms with Crippen molar-refractivity contribution >= 4 is 34.6 Å². The third-order valence-corrected chi connectivity index (χ3v) is 3.19. The van der Waals surface area contributed by atoms with Gasteiger partial charge in [0.25, 0.3) is 5.69 Å². The predicted octanol–water partition coefficient (Wildman–Crippen LogP) is 4.56. The van der Waals surface area contributed by atoms with Crippen LogP contribution in [0.15, 0.2) is 42.5 Å². The van der Waals surface area contributed by atoms with Crippen molar-refractivity contribution in [3.8, 4) is 0 Å². The number of nitro benzene ring substituents is 1. The minimum Gasteiger partial charge on any atom is -0.385 e. The van der Waals surface area contributed by atoms with Crippen LogP contribution in [0.1, 0.15) is 5.56 Å². The SMILES string of the molecule is O=[N+]([O-])c1ccc(CCNc2cc(Cl)cc(Cl)c2)cc1. The lowest BCUT2D eigenvalue weighted by Crippen LogP contribution is -2.04. The Labute approximate surface area is 126 Å². The molecule has 0 amide bonds. The maximum absolute atomic E-state index is 10.5. The van der Waals surface area contributed by atoms with Gasteiger partial charge in [0, 0.05) is 34.4 Å². The molecular formula is C14H12Cl2N2O2. The highest BCUT2D eigenvalue weighted by Crippen LogP contribution is 2.22. The molecule has 0 bridgehead atoms. The van der Waals surface area contributed by atoms with Gasteiger partial charge in [0.15, 0.2) is 0 Å². The number of rotatable bonds is 5. The molecule has 0 saturated carbocycles. The van der Waals surface area contributed by atoms with Gasteiger partial charge in [-0.05, 0) is 30.2 Å². The third-order valence-electron chi connectivity index (χ3n) is 2.75. The van der Waals surface area contributed by atoms with Crippen LogP contribution >= 0.6 is 23.2 Å². The molecule has 104 valence electrons. The number of halogens is 2. The van der Waals surface area contributed by atoms with Crippen LogP contribution in [0.3, 0.4) is 0 Å². The second-order valence-electron chi connectivity index (χ2n) is 4.26. The Morgan fingerprint density at radius 1 is 1.05 bits per heavy atom. The van der Waals surface area contributed by atoms with Crippen molar-refractivity contribution < 1.29 is 4.92 Å². The standard InChI is InChI=1S/C14H12Cl2N2O2/c15-11-7-12(16)9-13(8-11)17-6-5-10-1-3-14(4-2-10)18(19)20/h1-4,7-9,17H,5-6H2. The molecule has 0 aliphatic rings. The molecule has 4 nitrogen and oxygen atoms in total. The van der Waals surface area contributed by atoms with Gasteiger partial charge in [-0.1, -0.05) is 35.3 Å². The summed E-state index contributed by atoms with van der Waals surface area (Å²) < 4.78 is 0. The molecule has 20 heavy (non-hydrogen) atoms. The number of benzene rings is 2. The van der Waals surface area contributed by atoms with Crippen molar-refractivity contribution in [2.24, 2.45) is 0 Å². The van der Waals surface area contributed by atoms with E-state index in [1.54, 1.807) is 30.3 Å². The van der Waals surface area contributed by atoms with Crippen molar-refractivity contribution in [1.29, 1.82) is 0 Å². The summed E-state index contributed by atoms with van der Waals surface area (Å²) in [6.45, 7) is 0.689. The van der Waals surface area contributed by atoms with Gasteiger partial charge in [-0.15, -0.1) is 0 Å². The lowest BCUT2D eigenvalue weighted by Gasteiger charge is -2.07. The Morgan fingerprint density at radius 3 is 2.20 bits per heavy atom. The van der Waals surface area contributed by atoms with Gasteiger partial charge in [-0.2, -0.15) is 0 Å². The van der Waals surface area contributed by atoms with E-state index in [9.17, 15) is 10.1 Å². The number of hydrogen-bond donors (Lipinski definition) is 1. The first-order valence-electron chi connectivity index (χ1n) is 5.98. The summed E-state index contributed by atoms with van der Waals surface area (Å²) in [6, 6.07) is 11.8. The van der Waals surface area contributed by atoms with Crippen molar-refractivity contribution in [2.75, 3.05) is 11.9 Å². The Balaban J connectivity index is 1.90. The molecule has 0 heterocycles. The smallest absolute Gasteiger partial charge is 0.269 e. The highest BCUT2D eigenvalue weighted by molar-refractivity contribution is 6.35. The quantitative estimate of drug-likeness (QED) is 0.650. The van der Waals surface area contributed by atoms with E-state index in [1.165, 1.54) is 12.1 Å². The molecule has 0 atom stereocenters. The number of hydrogen-bond acceptors (Lipinski definition) is 3. The zero-order valence-corrected chi connectivity index (χ0v) is 12.0. The average Bonchev–Trinajstić information content (AvgIpc) is 2.38. The lowest BCUT2D eigenvalue weighted by atomic mass is 10.1. The van der Waals surface area contributed by atoms with E-state index >= 15 is 0 Å². The van der Waals surface area contributed by atoms with E-state index in [0.717, 1.165) is 17.7 Å². The summed E-state index contributed by atoms with van der Waals surface area (Å²) in [5, 5.41) is 14.9. The first-order chi connectivity index (χ1) is 9.54. The van der Waals surface area contributed by atoms with Gasteiger partial charge >= 0.3 is 0 Å². The molecule has 0 radical (unpaired) electrons. The lowest BCUT2D eigenvalue weighted by molar-refractivity contribution is -0.384. The van der Waals surface area contributed by atoms with Gasteiger partial charge in [-0.3, -0.25) is 10.1 Å². The molecule has 2 rings (SSSR count). The fourth-order valence-electron chi connectivity index (χ4n) is 1.79. The van der Waals surface area contributed by atoms with Crippen molar-refractivity contribution in [3.05, 3.63) is 68.2 Å². The molecule has 0 spiro atoms. The van der Waals surface area contributed by atoms with Crippen LogP contribution in [0.5, 0.6) is 0 Å². The first-order valence-corrected chi connectivity index (χ1v) is 6.73. The fraction of sp³-hybridized carbons (Fsp3) is 0.143. The summed E-state index contributed by atoms with van der Waals surface area (Å²) in [5.74, 6) is 0. The average molecular weight is 311 g/mol. The summed E-state index contributed by atoms with van der Waals surface area (Å²) >= 11 is 11.8. The summed E-state index contributed by atoms with van der Waals surface area (Å²) in [4.78, 5) is 10.1. The maximum atomic E-state index is 10.5. The van der Waals surface area contributed by atoms with Crippen molar-refractivity contribution in [3.63, 3.8) is 0 Å². The van der Waals surface area contributed by atoms with Crippen LogP contribution in [0.25, 0.3) is 0 Å². The molecule has 0 aromatic heterocycles. The van der Waals surface area contributed by atoms with E-state index in [0.29, 0.717) is 16.6 Å². The largest absolute Gasteiger partial charge is 0.385 e. The third kappa shape index (κ3) is 4.11. The highest BCUT2D eigenvalue weighted by Gasteiger charge is 2.04. The molecule has 6 heteroatoms. The van der Waals surface area contributed by atoms with E-state index in [1.807, 2.05) is 0 Å². The van der Waals surface area contributed by atoms with E-state index in [2.05, 4.69) is 5.32 Å². The summed E-state index contributed by atoms with van der Waals surface area (Å²) in [6.07, 6.45) is 0.752. The Bertz CT molecular complexity index is 595. The molecule has 2 aromatic carbocycles. The van der Waals surface area contributed by atoms with Crippen LogP contribution in [-0.2, 0) is 6.42 Å². The molecule has 0 fully saturated rings. The van der Waals surface area contributed by atoms with Gasteiger partial charge in [0.1, 0.15) is 0 Å². The number of nitrogens with one attached hydrogen (secondary N) is 1. The second kappa shape index (κ2) is 6.59. The van der Waals surface area contributed by atoms with Crippen LogP contribution in [0, 0.1) is 10.1 Å². The summed E-state index contributed by atoms with van der Waals surface area (Å²) in [5.41, 5.74) is 1.98. The van der Waals surface area contributed by atoms with Gasteiger partial charge in [-0.25, -0.2) is 0 Å². The van der Waals surface area contributed by atoms with E-state index in [-0.39, 0.29) is 5.69 Å². The molecule has 1 N–H and O–H groups in total. The fourth-order valence-corrected chi connectivity index (χ4v) is 2.32. The van der Waals surface area contributed by atoms with Crippen LogP contribution < -0.4 is 5.32 Å². The molecular weight excluding hydrogens is 299 g/mol. The zero-order valence-electron chi connectivity index (χ0n) is 10.5. The van der Waals surface area contributed by atoms with Crippen LogP contribution in [0.4, 0.5) is 11.4 Å². The van der Waals surface area contributed by atoms with Gasteiger partial charge < -0.3 is 5.32 Å². The number of anilines is 1. The van der Waals surface area contributed by atoms with E-state index in [4.69, 9.17) is 23.2 Å².